The van der Waals surface area contributed by atoms with Crippen molar-refractivity contribution in [2.75, 3.05) is 13.7 Å². The molecule has 0 amide bonds. The van der Waals surface area contributed by atoms with Gasteiger partial charge in [-0.05, 0) is 18.2 Å². The number of nitrogens with one attached hydrogen (secondary N) is 1. The smallest absolute Gasteiger partial charge is 0.353 e. The lowest BCUT2D eigenvalue weighted by Gasteiger charge is -2.05. The van der Waals surface area contributed by atoms with Gasteiger partial charge in [0.05, 0.1) is 13.7 Å². The maximum Gasteiger partial charge on any atom is 0.353 e. The van der Waals surface area contributed by atoms with E-state index >= 15 is 0 Å². The molecule has 0 aliphatic rings. The number of aliphatic carboxylic acids is 1. The highest BCUT2D eigenvalue weighted by molar-refractivity contribution is 9.10. The molecule has 0 aromatic heterocycles. The number of carboxylic acids is 1. The first-order chi connectivity index (χ1) is 9.04. The highest BCUT2D eigenvalue weighted by Crippen LogP contribution is 2.23. The van der Waals surface area contributed by atoms with Crippen molar-refractivity contribution in [1.82, 2.24) is 5.48 Å². The van der Waals surface area contributed by atoms with Gasteiger partial charge < -0.3 is 9.84 Å². The second-order valence-electron chi connectivity index (χ2n) is 3.49. The summed E-state index contributed by atoms with van der Waals surface area (Å²) in [7, 11) is 1.59. The van der Waals surface area contributed by atoms with Crippen LogP contribution < -0.4 is 10.2 Å². The van der Waals surface area contributed by atoms with Crippen LogP contribution in [0.2, 0.25) is 0 Å². The fourth-order valence-electron chi connectivity index (χ4n) is 1.23. The van der Waals surface area contributed by atoms with Crippen LogP contribution in [0.3, 0.4) is 0 Å². The van der Waals surface area contributed by atoms with Crippen LogP contribution in [0.25, 0.3) is 6.08 Å². The predicted molar refractivity (Wildman–Crippen MR) is 75.6 cm³/mol. The topological polar surface area (TPSA) is 67.8 Å². The third-order valence-corrected chi connectivity index (χ3v) is 2.62. The third-order valence-electron chi connectivity index (χ3n) is 2.12. The maximum atomic E-state index is 10.4. The van der Waals surface area contributed by atoms with Crippen LogP contribution >= 0.6 is 15.9 Å². The molecule has 0 aliphatic carbocycles. The molecule has 0 spiro atoms. The molecule has 0 saturated heterocycles. The Kier molecular flexibility index (Phi) is 6.11. The van der Waals surface area contributed by atoms with Crippen LogP contribution in [0, 0.1) is 0 Å². The molecule has 0 atom stereocenters. The lowest BCUT2D eigenvalue weighted by Crippen LogP contribution is -2.19. The van der Waals surface area contributed by atoms with Gasteiger partial charge in [0.1, 0.15) is 11.4 Å². The molecular weight excluding hydrogens is 314 g/mol. The maximum absolute atomic E-state index is 10.4. The molecule has 1 rings (SSSR count). The summed E-state index contributed by atoms with van der Waals surface area (Å²) in [6.45, 7) is 3.46. The predicted octanol–water partition coefficient (Wildman–Crippen LogP) is 2.59. The van der Waals surface area contributed by atoms with Gasteiger partial charge in [-0.25, -0.2) is 4.79 Å². The fraction of sp³-hybridized carbons (Fsp3) is 0.154. The average molecular weight is 328 g/mol. The molecule has 0 unspecified atom stereocenters. The summed E-state index contributed by atoms with van der Waals surface area (Å²) in [6, 6.07) is 5.62. The second-order valence-corrected chi connectivity index (χ2v) is 4.40. The lowest BCUT2D eigenvalue weighted by atomic mass is 10.2. The SMILES string of the molecule is C=C(NOCC=Cc1cc(Br)ccc1OC)C(=O)O. The molecule has 0 saturated carbocycles. The van der Waals surface area contributed by atoms with Crippen molar-refractivity contribution in [3.8, 4) is 5.75 Å². The Balaban J connectivity index is 2.51. The summed E-state index contributed by atoms with van der Waals surface area (Å²) in [5, 5.41) is 8.53. The number of ether oxygens (including phenoxy) is 1. The van der Waals surface area contributed by atoms with Gasteiger partial charge in [0.25, 0.3) is 0 Å². The molecule has 0 radical (unpaired) electrons. The Morgan fingerprint density at radius 1 is 1.58 bits per heavy atom. The molecule has 0 aliphatic heterocycles. The van der Waals surface area contributed by atoms with Crippen LogP contribution in [0.5, 0.6) is 5.75 Å². The second kappa shape index (κ2) is 7.60. The molecule has 1 aromatic rings. The van der Waals surface area contributed by atoms with Crippen molar-refractivity contribution in [1.29, 1.82) is 0 Å². The first kappa shape index (κ1) is 15.3. The van der Waals surface area contributed by atoms with Gasteiger partial charge in [0, 0.05) is 10.0 Å². The molecule has 1 aromatic carbocycles. The monoisotopic (exact) mass is 327 g/mol. The molecule has 5 nitrogen and oxygen atoms in total. The molecule has 0 fully saturated rings. The van der Waals surface area contributed by atoms with Crippen LogP contribution in [0.4, 0.5) is 0 Å². The van der Waals surface area contributed by atoms with Crippen LogP contribution in [0.1, 0.15) is 5.56 Å². The van der Waals surface area contributed by atoms with Gasteiger partial charge in [-0.15, -0.1) is 0 Å². The van der Waals surface area contributed by atoms with Crippen molar-refractivity contribution < 1.29 is 19.5 Å². The summed E-state index contributed by atoms with van der Waals surface area (Å²) < 4.78 is 6.14. The number of rotatable bonds is 7. The van der Waals surface area contributed by atoms with E-state index in [1.54, 1.807) is 13.2 Å². The van der Waals surface area contributed by atoms with E-state index in [1.165, 1.54) is 0 Å². The normalized spacial score (nSPS) is 10.4. The van der Waals surface area contributed by atoms with E-state index < -0.39 is 5.97 Å². The zero-order chi connectivity index (χ0) is 14.3. The van der Waals surface area contributed by atoms with Crippen molar-refractivity contribution in [3.05, 3.63) is 46.6 Å². The summed E-state index contributed by atoms with van der Waals surface area (Å²) in [5.74, 6) is -0.417. The molecular formula is C13H14BrNO4. The first-order valence-electron chi connectivity index (χ1n) is 5.34. The molecule has 0 bridgehead atoms. The minimum atomic E-state index is -1.15. The van der Waals surface area contributed by atoms with Crippen LogP contribution in [0.15, 0.2) is 41.0 Å². The number of hydrogen-bond donors (Lipinski definition) is 2. The van der Waals surface area contributed by atoms with Gasteiger partial charge in [-0.2, -0.15) is 0 Å². The minimum Gasteiger partial charge on any atom is -0.496 e. The van der Waals surface area contributed by atoms with Crippen LogP contribution in [-0.4, -0.2) is 24.8 Å². The largest absolute Gasteiger partial charge is 0.496 e. The van der Waals surface area contributed by atoms with Crippen molar-refractivity contribution in [2.45, 2.75) is 0 Å². The highest BCUT2D eigenvalue weighted by Gasteiger charge is 2.02. The quantitative estimate of drug-likeness (QED) is 0.457. The number of carbonyl (C=O) groups is 1. The standard InChI is InChI=1S/C13H14BrNO4/c1-9(13(16)17)15-19-7-3-4-10-8-11(14)5-6-12(10)18-2/h3-6,8,15H,1,7H2,2H3,(H,16,17). The van der Waals surface area contributed by atoms with Crippen molar-refractivity contribution in [2.24, 2.45) is 0 Å². The van der Waals surface area contributed by atoms with Gasteiger partial charge in [0.15, 0.2) is 0 Å². The van der Waals surface area contributed by atoms with E-state index in [0.717, 1.165) is 15.8 Å². The number of hydrogen-bond acceptors (Lipinski definition) is 4. The van der Waals surface area contributed by atoms with E-state index in [0.29, 0.717) is 0 Å². The van der Waals surface area contributed by atoms with Gasteiger partial charge in [-0.1, -0.05) is 34.7 Å². The van der Waals surface area contributed by atoms with E-state index in [1.807, 2.05) is 24.3 Å². The molecule has 19 heavy (non-hydrogen) atoms. The Labute approximate surface area is 119 Å². The molecule has 0 heterocycles. The number of benzene rings is 1. The minimum absolute atomic E-state index is 0.196. The Morgan fingerprint density at radius 3 is 2.95 bits per heavy atom. The van der Waals surface area contributed by atoms with E-state index in [2.05, 4.69) is 28.0 Å². The van der Waals surface area contributed by atoms with Crippen LogP contribution in [-0.2, 0) is 9.63 Å². The summed E-state index contributed by atoms with van der Waals surface area (Å²) in [4.78, 5) is 15.3. The number of hydroxylamine groups is 1. The Morgan fingerprint density at radius 2 is 2.32 bits per heavy atom. The average Bonchev–Trinajstić information content (AvgIpc) is 2.38. The third kappa shape index (κ3) is 5.15. The van der Waals surface area contributed by atoms with E-state index in [4.69, 9.17) is 14.7 Å². The zero-order valence-corrected chi connectivity index (χ0v) is 11.9. The van der Waals surface area contributed by atoms with Gasteiger partial charge in [-0.3, -0.25) is 10.3 Å². The lowest BCUT2D eigenvalue weighted by molar-refractivity contribution is -0.134. The molecule has 102 valence electrons. The summed E-state index contributed by atoms with van der Waals surface area (Å²) in [5.41, 5.74) is 2.89. The van der Waals surface area contributed by atoms with Crippen molar-refractivity contribution >= 4 is 28.0 Å². The first-order valence-corrected chi connectivity index (χ1v) is 6.14. The number of carboxylic acid groups (broad SMARTS) is 1. The molecule has 6 heteroatoms. The van der Waals surface area contributed by atoms with Gasteiger partial charge in [0.2, 0.25) is 0 Å². The van der Waals surface area contributed by atoms with E-state index in [-0.39, 0.29) is 12.3 Å². The Hall–Kier alpha value is -1.79. The molecule has 2 N–H and O–H groups in total. The van der Waals surface area contributed by atoms with Gasteiger partial charge >= 0.3 is 5.97 Å². The number of halogens is 1. The van der Waals surface area contributed by atoms with Crippen molar-refractivity contribution in [3.63, 3.8) is 0 Å². The Bertz CT molecular complexity index is 499. The summed E-state index contributed by atoms with van der Waals surface area (Å²) >= 11 is 3.37. The highest BCUT2D eigenvalue weighted by atomic mass is 79.9. The summed E-state index contributed by atoms with van der Waals surface area (Å²) in [6.07, 6.45) is 3.54. The zero-order valence-electron chi connectivity index (χ0n) is 10.4. The fourth-order valence-corrected chi connectivity index (χ4v) is 1.61. The van der Waals surface area contributed by atoms with E-state index in [9.17, 15) is 4.79 Å². The number of methoxy groups -OCH3 is 1.